The summed E-state index contributed by atoms with van der Waals surface area (Å²) in [7, 11) is 3.21. The van der Waals surface area contributed by atoms with Crippen molar-refractivity contribution >= 4 is 22.7 Å². The summed E-state index contributed by atoms with van der Waals surface area (Å²) in [6, 6.07) is 5.98. The Labute approximate surface area is 190 Å². The van der Waals surface area contributed by atoms with E-state index < -0.39 is 5.82 Å². The number of hydrogen-bond donors (Lipinski definition) is 1. The molecule has 1 saturated heterocycles. The zero-order chi connectivity index (χ0) is 23.5. The lowest BCUT2D eigenvalue weighted by Crippen LogP contribution is -2.40. The van der Waals surface area contributed by atoms with Crippen LogP contribution < -0.4 is 10.3 Å². The normalized spacial score (nSPS) is 14.6. The summed E-state index contributed by atoms with van der Waals surface area (Å²) in [5.74, 6) is -0.187. The minimum absolute atomic E-state index is 0.0266. The Morgan fingerprint density at radius 3 is 2.70 bits per heavy atom. The molecule has 3 aromatic rings. The Bertz CT molecular complexity index is 1240. The standard InChI is InChI=1S/C24H27FN4O4/c1-28-11-10-17-23(28)26-20(27-24(17)32)4-3-5-21(30)29-12-8-15(9-13-29)22(31)16-6-7-19(33-2)18(25)14-16/h6-7,10-11,14-15H,3-5,8-9,12-13H2,1-2H3,(H,26,27,32). The van der Waals surface area contributed by atoms with Crippen molar-refractivity contribution in [3.05, 3.63) is 58.0 Å². The highest BCUT2D eigenvalue weighted by atomic mass is 19.1. The van der Waals surface area contributed by atoms with Crippen LogP contribution >= 0.6 is 0 Å². The number of Topliss-reactive ketones (excluding diaryl/α,β-unsaturated/α-hetero) is 1. The van der Waals surface area contributed by atoms with Gasteiger partial charge < -0.3 is 19.2 Å². The Hall–Kier alpha value is -3.49. The molecule has 1 N–H and O–H groups in total. The van der Waals surface area contributed by atoms with E-state index in [9.17, 15) is 18.8 Å². The zero-order valence-electron chi connectivity index (χ0n) is 18.8. The number of carbonyl (C=O) groups is 2. The fraction of sp³-hybridized carbons (Fsp3) is 0.417. The van der Waals surface area contributed by atoms with Crippen molar-refractivity contribution < 1.29 is 18.7 Å². The zero-order valence-corrected chi connectivity index (χ0v) is 18.8. The minimum atomic E-state index is -0.557. The molecule has 0 aliphatic carbocycles. The van der Waals surface area contributed by atoms with E-state index in [0.29, 0.717) is 67.6 Å². The number of methoxy groups -OCH3 is 1. The number of carbonyl (C=O) groups excluding carboxylic acids is 2. The summed E-state index contributed by atoms with van der Waals surface area (Å²) < 4.78 is 20.6. The summed E-state index contributed by atoms with van der Waals surface area (Å²) in [4.78, 5) is 46.6. The molecular weight excluding hydrogens is 427 g/mol. The van der Waals surface area contributed by atoms with Gasteiger partial charge in [0.15, 0.2) is 17.3 Å². The van der Waals surface area contributed by atoms with Crippen LogP contribution in [0.1, 0.15) is 41.9 Å². The van der Waals surface area contributed by atoms with Crippen LogP contribution in [0.5, 0.6) is 5.75 Å². The second-order valence-corrected chi connectivity index (χ2v) is 8.40. The number of benzene rings is 1. The van der Waals surface area contributed by atoms with Crippen molar-refractivity contribution in [2.45, 2.75) is 32.1 Å². The first kappa shape index (κ1) is 22.7. The number of aryl methyl sites for hydroxylation is 2. The van der Waals surface area contributed by atoms with Crippen molar-refractivity contribution in [2.75, 3.05) is 20.2 Å². The summed E-state index contributed by atoms with van der Waals surface area (Å²) in [6.45, 7) is 0.997. The summed E-state index contributed by atoms with van der Waals surface area (Å²) >= 11 is 0. The third-order valence-corrected chi connectivity index (χ3v) is 6.24. The highest BCUT2D eigenvalue weighted by Crippen LogP contribution is 2.25. The fourth-order valence-electron chi connectivity index (χ4n) is 4.32. The Balaban J connectivity index is 1.27. The van der Waals surface area contributed by atoms with Gasteiger partial charge in [-0.3, -0.25) is 14.4 Å². The van der Waals surface area contributed by atoms with Crippen LogP contribution in [0.3, 0.4) is 0 Å². The number of amides is 1. The first-order valence-corrected chi connectivity index (χ1v) is 11.1. The Morgan fingerprint density at radius 1 is 1.24 bits per heavy atom. The smallest absolute Gasteiger partial charge is 0.260 e. The molecule has 0 saturated carbocycles. The van der Waals surface area contributed by atoms with E-state index in [0.717, 1.165) is 0 Å². The third-order valence-electron chi connectivity index (χ3n) is 6.24. The van der Waals surface area contributed by atoms with Gasteiger partial charge in [-0.25, -0.2) is 9.37 Å². The lowest BCUT2D eigenvalue weighted by atomic mass is 9.88. The monoisotopic (exact) mass is 454 g/mol. The van der Waals surface area contributed by atoms with Crippen molar-refractivity contribution in [3.8, 4) is 5.75 Å². The first-order valence-electron chi connectivity index (χ1n) is 11.1. The largest absolute Gasteiger partial charge is 0.494 e. The number of hydrogen-bond acceptors (Lipinski definition) is 5. The number of likely N-dealkylation sites (tertiary alicyclic amines) is 1. The molecule has 1 aliphatic rings. The van der Waals surface area contributed by atoms with Crippen LogP contribution in [0.15, 0.2) is 35.3 Å². The van der Waals surface area contributed by atoms with Gasteiger partial charge in [-0.05, 0) is 43.5 Å². The number of ether oxygens (including phenoxy) is 1. The van der Waals surface area contributed by atoms with Crippen LogP contribution in [0.2, 0.25) is 0 Å². The lowest BCUT2D eigenvalue weighted by molar-refractivity contribution is -0.132. The number of piperidine rings is 1. The van der Waals surface area contributed by atoms with E-state index >= 15 is 0 Å². The molecule has 8 nitrogen and oxygen atoms in total. The van der Waals surface area contributed by atoms with Gasteiger partial charge in [0, 0.05) is 50.7 Å². The van der Waals surface area contributed by atoms with Gasteiger partial charge in [0.25, 0.3) is 5.56 Å². The molecule has 1 aromatic carbocycles. The maximum absolute atomic E-state index is 13.9. The van der Waals surface area contributed by atoms with Crippen LogP contribution in [0.4, 0.5) is 4.39 Å². The molecule has 1 amide bonds. The van der Waals surface area contributed by atoms with Crippen molar-refractivity contribution in [2.24, 2.45) is 13.0 Å². The van der Waals surface area contributed by atoms with Gasteiger partial charge in [-0.15, -0.1) is 0 Å². The highest BCUT2D eigenvalue weighted by molar-refractivity contribution is 5.98. The number of fused-ring (bicyclic) bond motifs is 1. The van der Waals surface area contributed by atoms with Crippen molar-refractivity contribution in [3.63, 3.8) is 0 Å². The maximum atomic E-state index is 13.9. The van der Waals surface area contributed by atoms with Gasteiger partial charge in [-0.2, -0.15) is 0 Å². The number of ketones is 1. The molecule has 1 aliphatic heterocycles. The highest BCUT2D eigenvalue weighted by Gasteiger charge is 2.28. The summed E-state index contributed by atoms with van der Waals surface area (Å²) in [5, 5.41) is 0.548. The van der Waals surface area contributed by atoms with E-state index in [1.807, 2.05) is 7.05 Å². The first-order chi connectivity index (χ1) is 15.9. The number of nitrogens with one attached hydrogen (secondary N) is 1. The second-order valence-electron chi connectivity index (χ2n) is 8.40. The second kappa shape index (κ2) is 9.56. The molecule has 9 heteroatoms. The summed E-state index contributed by atoms with van der Waals surface area (Å²) in [6.07, 6.45) is 4.31. The molecule has 4 rings (SSSR count). The Kier molecular flexibility index (Phi) is 6.57. The quantitative estimate of drug-likeness (QED) is 0.554. The molecule has 0 atom stereocenters. The van der Waals surface area contributed by atoms with E-state index in [1.165, 1.54) is 19.2 Å². The molecular formula is C24H27FN4O4. The topological polar surface area (TPSA) is 97.3 Å². The molecule has 3 heterocycles. The van der Waals surface area contributed by atoms with Crippen LogP contribution in [0.25, 0.3) is 11.0 Å². The number of aromatic amines is 1. The Morgan fingerprint density at radius 2 is 2.00 bits per heavy atom. The van der Waals surface area contributed by atoms with E-state index in [1.54, 1.807) is 27.8 Å². The molecule has 0 spiro atoms. The molecule has 0 bridgehead atoms. The maximum Gasteiger partial charge on any atom is 0.260 e. The van der Waals surface area contributed by atoms with Crippen molar-refractivity contribution in [1.29, 1.82) is 0 Å². The molecule has 0 unspecified atom stereocenters. The van der Waals surface area contributed by atoms with Crippen molar-refractivity contribution in [1.82, 2.24) is 19.4 Å². The molecule has 0 radical (unpaired) electrons. The van der Waals surface area contributed by atoms with Gasteiger partial charge >= 0.3 is 0 Å². The predicted octanol–water partition coefficient (Wildman–Crippen LogP) is 2.85. The van der Waals surface area contributed by atoms with Gasteiger partial charge in [-0.1, -0.05) is 0 Å². The van der Waals surface area contributed by atoms with Gasteiger partial charge in [0.1, 0.15) is 11.5 Å². The number of halogens is 1. The molecule has 33 heavy (non-hydrogen) atoms. The van der Waals surface area contributed by atoms with Gasteiger partial charge in [0.2, 0.25) is 5.91 Å². The summed E-state index contributed by atoms with van der Waals surface area (Å²) in [5.41, 5.74) is 0.781. The van der Waals surface area contributed by atoms with E-state index in [2.05, 4.69) is 9.97 Å². The predicted molar refractivity (Wildman–Crippen MR) is 121 cm³/mol. The minimum Gasteiger partial charge on any atom is -0.494 e. The van der Waals surface area contributed by atoms with E-state index in [4.69, 9.17) is 4.74 Å². The average Bonchev–Trinajstić information content (AvgIpc) is 3.19. The van der Waals surface area contributed by atoms with Crippen LogP contribution in [0, 0.1) is 11.7 Å². The number of nitrogens with zero attached hydrogens (tertiary/aromatic N) is 3. The SMILES string of the molecule is COc1ccc(C(=O)C2CCN(C(=O)CCCc3nc4c(ccn4C)c(=O)[nH]3)CC2)cc1F. The average molecular weight is 455 g/mol. The fourth-order valence-corrected chi connectivity index (χ4v) is 4.32. The number of rotatable bonds is 7. The number of H-pyrrole nitrogens is 1. The van der Waals surface area contributed by atoms with Crippen LogP contribution in [-0.2, 0) is 18.3 Å². The van der Waals surface area contributed by atoms with Gasteiger partial charge in [0.05, 0.1) is 12.5 Å². The third kappa shape index (κ3) is 4.81. The molecule has 174 valence electrons. The molecule has 2 aromatic heterocycles. The number of aromatic nitrogens is 3. The molecule has 1 fully saturated rings. The van der Waals surface area contributed by atoms with Crippen LogP contribution in [-0.4, -0.2) is 51.3 Å². The van der Waals surface area contributed by atoms with E-state index in [-0.39, 0.29) is 28.9 Å². The lowest BCUT2D eigenvalue weighted by Gasteiger charge is -2.31.